The minimum absolute atomic E-state index is 0.0126. The highest BCUT2D eigenvalue weighted by Gasteiger charge is 2.44. The first kappa shape index (κ1) is 22.5. The first-order valence-corrected chi connectivity index (χ1v) is 11.5. The number of carbonyl (C=O) groups is 2. The van der Waals surface area contributed by atoms with Gasteiger partial charge in [-0.25, -0.2) is 4.98 Å². The van der Waals surface area contributed by atoms with E-state index in [9.17, 15) is 9.59 Å². The number of aromatic nitrogens is 1. The lowest BCUT2D eigenvalue weighted by atomic mass is 9.71. The van der Waals surface area contributed by atoms with E-state index in [0.29, 0.717) is 31.9 Å². The van der Waals surface area contributed by atoms with Gasteiger partial charge in [-0.3, -0.25) is 9.59 Å². The van der Waals surface area contributed by atoms with Crippen molar-refractivity contribution >= 4 is 29.4 Å². The van der Waals surface area contributed by atoms with Gasteiger partial charge in [0.05, 0.1) is 11.1 Å². The molecule has 1 spiro atoms. The smallest absolute Gasteiger partial charge is 0.246 e. The predicted molar refractivity (Wildman–Crippen MR) is 124 cm³/mol. The molecule has 0 unspecified atom stereocenters. The number of pyridine rings is 1. The maximum atomic E-state index is 12.8. The van der Waals surface area contributed by atoms with Crippen LogP contribution in [0.2, 0.25) is 0 Å². The molecule has 0 bridgehead atoms. The Labute approximate surface area is 189 Å². The van der Waals surface area contributed by atoms with Crippen molar-refractivity contribution < 1.29 is 14.4 Å². The third-order valence-electron chi connectivity index (χ3n) is 6.88. The van der Waals surface area contributed by atoms with E-state index in [-0.39, 0.29) is 23.1 Å². The summed E-state index contributed by atoms with van der Waals surface area (Å²) in [4.78, 5) is 39.0. The van der Waals surface area contributed by atoms with Gasteiger partial charge in [0.1, 0.15) is 12.4 Å². The summed E-state index contributed by atoms with van der Waals surface area (Å²) in [6.45, 7) is 7.80. The van der Waals surface area contributed by atoms with Gasteiger partial charge in [0.15, 0.2) is 0 Å². The van der Waals surface area contributed by atoms with Gasteiger partial charge in [-0.1, -0.05) is 12.1 Å². The highest BCUT2D eigenvalue weighted by Crippen LogP contribution is 2.40. The molecule has 4 rings (SSSR count). The van der Waals surface area contributed by atoms with Crippen LogP contribution >= 0.6 is 0 Å². The molecule has 3 aliphatic rings. The molecular formula is C24H33N5O3. The Morgan fingerprint density at radius 3 is 2.84 bits per heavy atom. The summed E-state index contributed by atoms with van der Waals surface area (Å²) in [7, 11) is 2.09. The number of anilines is 1. The summed E-state index contributed by atoms with van der Waals surface area (Å²) >= 11 is 0. The third kappa shape index (κ3) is 4.70. The maximum Gasteiger partial charge on any atom is 0.246 e. The Kier molecular flexibility index (Phi) is 6.60. The van der Waals surface area contributed by atoms with Gasteiger partial charge in [-0.15, -0.1) is 0 Å². The van der Waals surface area contributed by atoms with Crippen molar-refractivity contribution in [2.75, 3.05) is 45.2 Å². The van der Waals surface area contributed by atoms with Crippen LogP contribution in [0.15, 0.2) is 23.5 Å². The summed E-state index contributed by atoms with van der Waals surface area (Å²) in [5.74, 6) is 0.995. The Balaban J connectivity index is 1.36. The number of oxime groups is 1. The lowest BCUT2D eigenvalue weighted by molar-refractivity contribution is -0.130. The number of nitrogens with zero attached hydrogens (tertiary/aromatic N) is 4. The molecule has 0 saturated carbocycles. The molecule has 0 aliphatic carbocycles. The molecule has 1 N–H and O–H groups in total. The molecule has 1 aromatic heterocycles. The molecule has 32 heavy (non-hydrogen) atoms. The molecular weight excluding hydrogens is 406 g/mol. The molecule has 2 saturated heterocycles. The fraction of sp³-hybridized carbons (Fsp3) is 0.583. The van der Waals surface area contributed by atoms with Gasteiger partial charge in [0.25, 0.3) is 0 Å². The zero-order valence-electron chi connectivity index (χ0n) is 19.3. The van der Waals surface area contributed by atoms with E-state index in [1.54, 1.807) is 17.2 Å². The summed E-state index contributed by atoms with van der Waals surface area (Å²) < 4.78 is 0. The zero-order chi connectivity index (χ0) is 22.7. The molecule has 2 amide bonds. The van der Waals surface area contributed by atoms with E-state index in [0.717, 1.165) is 49.2 Å². The topological polar surface area (TPSA) is 87.1 Å². The lowest BCUT2D eigenvalue weighted by Gasteiger charge is -2.42. The Morgan fingerprint density at radius 1 is 1.38 bits per heavy atom. The van der Waals surface area contributed by atoms with Crippen LogP contribution in [0.25, 0.3) is 6.08 Å². The van der Waals surface area contributed by atoms with Crippen molar-refractivity contribution in [1.29, 1.82) is 0 Å². The van der Waals surface area contributed by atoms with Gasteiger partial charge in [0.2, 0.25) is 11.8 Å². The summed E-state index contributed by atoms with van der Waals surface area (Å²) in [6.07, 6.45) is 8.47. The van der Waals surface area contributed by atoms with Crippen LogP contribution < -0.4 is 5.32 Å². The maximum absolute atomic E-state index is 12.8. The molecule has 2 fully saturated rings. The van der Waals surface area contributed by atoms with Crippen LogP contribution in [0.1, 0.15) is 44.2 Å². The standard InChI is InChI=1S/C24H33N5O3/c1-4-11-32-27-17(2)20-15-29(16-20)21(30)6-5-18-12-19-13-24(7-9-28(3)10-8-24)23(31)26-22(19)25-14-18/h5-6,12,14,20H,4,7-11,13,15-16H2,1-3H3,(H,25,26,31). The van der Waals surface area contributed by atoms with Crippen LogP contribution in [-0.2, 0) is 20.8 Å². The van der Waals surface area contributed by atoms with Crippen LogP contribution in [0.3, 0.4) is 0 Å². The summed E-state index contributed by atoms with van der Waals surface area (Å²) in [6, 6.07) is 2.05. The number of nitrogens with one attached hydrogen (secondary N) is 1. The summed E-state index contributed by atoms with van der Waals surface area (Å²) in [5, 5.41) is 7.14. The lowest BCUT2D eigenvalue weighted by Crippen LogP contribution is -2.52. The predicted octanol–water partition coefficient (Wildman–Crippen LogP) is 2.56. The van der Waals surface area contributed by atoms with Crippen molar-refractivity contribution in [3.63, 3.8) is 0 Å². The van der Waals surface area contributed by atoms with Gasteiger partial charge in [0, 0.05) is 31.3 Å². The minimum atomic E-state index is -0.341. The van der Waals surface area contributed by atoms with Crippen molar-refractivity contribution in [1.82, 2.24) is 14.8 Å². The number of hydrogen-bond acceptors (Lipinski definition) is 6. The zero-order valence-corrected chi connectivity index (χ0v) is 19.3. The third-order valence-corrected chi connectivity index (χ3v) is 6.88. The van der Waals surface area contributed by atoms with Gasteiger partial charge in [-0.05, 0) is 76.0 Å². The summed E-state index contributed by atoms with van der Waals surface area (Å²) in [5.41, 5.74) is 2.52. The monoisotopic (exact) mass is 439 g/mol. The Hall–Kier alpha value is -2.74. The number of amides is 2. The quantitative estimate of drug-likeness (QED) is 0.319. The Bertz CT molecular complexity index is 928. The van der Waals surface area contributed by atoms with Crippen molar-refractivity contribution in [3.8, 4) is 0 Å². The second-order valence-electron chi connectivity index (χ2n) is 9.33. The molecule has 8 nitrogen and oxygen atoms in total. The van der Waals surface area contributed by atoms with E-state index in [2.05, 4.69) is 27.4 Å². The molecule has 0 atom stereocenters. The fourth-order valence-corrected chi connectivity index (χ4v) is 4.51. The second kappa shape index (κ2) is 9.40. The van der Waals surface area contributed by atoms with Crippen LogP contribution in [0.4, 0.5) is 5.82 Å². The van der Waals surface area contributed by atoms with E-state index in [1.165, 1.54) is 0 Å². The molecule has 4 heterocycles. The second-order valence-corrected chi connectivity index (χ2v) is 9.33. The molecule has 0 aromatic carbocycles. The van der Waals surface area contributed by atoms with Gasteiger partial charge in [-0.2, -0.15) is 0 Å². The fourth-order valence-electron chi connectivity index (χ4n) is 4.51. The van der Waals surface area contributed by atoms with Crippen molar-refractivity contribution in [2.24, 2.45) is 16.5 Å². The number of fused-ring (bicyclic) bond motifs is 1. The number of piperidine rings is 1. The number of likely N-dealkylation sites (tertiary alicyclic amines) is 2. The van der Waals surface area contributed by atoms with E-state index >= 15 is 0 Å². The van der Waals surface area contributed by atoms with Crippen LogP contribution in [0, 0.1) is 11.3 Å². The van der Waals surface area contributed by atoms with Gasteiger partial charge < -0.3 is 20.0 Å². The molecule has 1 aromatic rings. The average Bonchev–Trinajstić information content (AvgIpc) is 2.74. The normalized spacial score (nSPS) is 21.4. The van der Waals surface area contributed by atoms with Crippen molar-refractivity contribution in [2.45, 2.75) is 39.5 Å². The number of rotatable bonds is 6. The van der Waals surface area contributed by atoms with E-state index in [1.807, 2.05) is 26.0 Å². The SMILES string of the molecule is CCCON=C(C)C1CN(C(=O)C=Cc2cnc3c(c2)CC2(CCN(C)CC2)C(=O)N3)C1. The van der Waals surface area contributed by atoms with E-state index in [4.69, 9.17) is 4.84 Å². The first-order chi connectivity index (χ1) is 15.4. The highest BCUT2D eigenvalue weighted by atomic mass is 16.6. The van der Waals surface area contributed by atoms with Crippen LogP contribution in [-0.4, -0.2) is 72.1 Å². The Morgan fingerprint density at radius 2 is 2.12 bits per heavy atom. The number of carbonyl (C=O) groups excluding carboxylic acids is 2. The molecule has 8 heteroatoms. The van der Waals surface area contributed by atoms with Crippen LogP contribution in [0.5, 0.6) is 0 Å². The average molecular weight is 440 g/mol. The van der Waals surface area contributed by atoms with Crippen molar-refractivity contribution in [3.05, 3.63) is 29.5 Å². The largest absolute Gasteiger partial charge is 0.396 e. The molecule has 172 valence electrons. The minimum Gasteiger partial charge on any atom is -0.396 e. The number of hydrogen-bond donors (Lipinski definition) is 1. The highest BCUT2D eigenvalue weighted by molar-refractivity contribution is 5.98. The first-order valence-electron chi connectivity index (χ1n) is 11.5. The van der Waals surface area contributed by atoms with E-state index < -0.39 is 0 Å². The molecule has 0 radical (unpaired) electrons. The molecule has 3 aliphatic heterocycles. The van der Waals surface area contributed by atoms with Gasteiger partial charge >= 0.3 is 0 Å².